The number of rotatable bonds is 6. The number of nitrogens with zero attached hydrogens (tertiary/aromatic N) is 2. The Morgan fingerprint density at radius 3 is 2.85 bits per heavy atom. The molecule has 0 atom stereocenters. The fourth-order valence-electron chi connectivity index (χ4n) is 1.69. The lowest BCUT2D eigenvalue weighted by molar-refractivity contribution is 0.413. The molecule has 0 saturated heterocycles. The Kier molecular flexibility index (Phi) is 5.24. The van der Waals surface area contributed by atoms with Crippen LogP contribution in [0.3, 0.4) is 0 Å². The van der Waals surface area contributed by atoms with Crippen LogP contribution in [-0.4, -0.2) is 23.6 Å². The topological polar surface area (TPSA) is 47.0 Å². The number of ether oxygens (including phenoxy) is 1. The predicted molar refractivity (Wildman–Crippen MR) is 82.7 cm³/mol. The zero-order chi connectivity index (χ0) is 14.4. The molecule has 0 spiro atoms. The lowest BCUT2D eigenvalue weighted by Crippen LogP contribution is -2.05. The lowest BCUT2D eigenvalue weighted by atomic mass is 10.3. The SMILES string of the molecule is CCCNc1nc(C)cc(Sc2cccc(OC)c2)n1. The highest BCUT2D eigenvalue weighted by Crippen LogP contribution is 2.29. The van der Waals surface area contributed by atoms with Crippen molar-refractivity contribution in [2.45, 2.75) is 30.2 Å². The van der Waals surface area contributed by atoms with Crippen molar-refractivity contribution in [3.05, 3.63) is 36.0 Å². The average Bonchev–Trinajstić information content (AvgIpc) is 2.44. The molecule has 0 radical (unpaired) electrons. The van der Waals surface area contributed by atoms with Crippen molar-refractivity contribution in [2.75, 3.05) is 19.0 Å². The van der Waals surface area contributed by atoms with Crippen LogP contribution in [0.2, 0.25) is 0 Å². The summed E-state index contributed by atoms with van der Waals surface area (Å²) in [5.74, 6) is 1.54. The monoisotopic (exact) mass is 289 g/mol. The van der Waals surface area contributed by atoms with Crippen LogP contribution >= 0.6 is 11.8 Å². The van der Waals surface area contributed by atoms with Crippen LogP contribution in [0.5, 0.6) is 5.75 Å². The van der Waals surface area contributed by atoms with E-state index in [9.17, 15) is 0 Å². The number of benzene rings is 1. The van der Waals surface area contributed by atoms with Crippen molar-refractivity contribution in [2.24, 2.45) is 0 Å². The van der Waals surface area contributed by atoms with E-state index in [2.05, 4.69) is 22.2 Å². The third-order valence-corrected chi connectivity index (χ3v) is 3.54. The lowest BCUT2D eigenvalue weighted by Gasteiger charge is -2.08. The van der Waals surface area contributed by atoms with E-state index in [0.717, 1.165) is 34.3 Å². The Morgan fingerprint density at radius 2 is 2.10 bits per heavy atom. The summed E-state index contributed by atoms with van der Waals surface area (Å²) in [5.41, 5.74) is 0.962. The van der Waals surface area contributed by atoms with Gasteiger partial charge in [-0.1, -0.05) is 24.8 Å². The van der Waals surface area contributed by atoms with E-state index >= 15 is 0 Å². The summed E-state index contributed by atoms with van der Waals surface area (Å²) in [5, 5.41) is 4.16. The molecule has 4 nitrogen and oxygen atoms in total. The van der Waals surface area contributed by atoms with Crippen molar-refractivity contribution < 1.29 is 4.74 Å². The van der Waals surface area contributed by atoms with Crippen LogP contribution in [-0.2, 0) is 0 Å². The first kappa shape index (κ1) is 14.7. The summed E-state index contributed by atoms with van der Waals surface area (Å²) in [4.78, 5) is 10.0. The van der Waals surface area contributed by atoms with Crippen LogP contribution < -0.4 is 10.1 Å². The van der Waals surface area contributed by atoms with E-state index in [0.29, 0.717) is 5.95 Å². The predicted octanol–water partition coefficient (Wildman–Crippen LogP) is 3.77. The molecule has 0 aliphatic heterocycles. The van der Waals surface area contributed by atoms with Crippen molar-refractivity contribution in [3.8, 4) is 5.75 Å². The highest BCUT2D eigenvalue weighted by molar-refractivity contribution is 7.99. The maximum Gasteiger partial charge on any atom is 0.223 e. The zero-order valence-electron chi connectivity index (χ0n) is 12.0. The van der Waals surface area contributed by atoms with Gasteiger partial charge < -0.3 is 10.1 Å². The van der Waals surface area contributed by atoms with Gasteiger partial charge in [0.2, 0.25) is 5.95 Å². The fourth-order valence-corrected chi connectivity index (χ4v) is 2.62. The first-order chi connectivity index (χ1) is 9.71. The second kappa shape index (κ2) is 7.14. The van der Waals surface area contributed by atoms with E-state index in [1.54, 1.807) is 18.9 Å². The molecule has 0 fully saturated rings. The van der Waals surface area contributed by atoms with Gasteiger partial charge in [-0.2, -0.15) is 0 Å². The molecule has 106 valence electrons. The Hall–Kier alpha value is -1.75. The van der Waals surface area contributed by atoms with Crippen LogP contribution in [0, 0.1) is 6.92 Å². The van der Waals surface area contributed by atoms with Gasteiger partial charge in [0.25, 0.3) is 0 Å². The molecule has 0 aliphatic rings. The molecule has 0 saturated carbocycles. The maximum absolute atomic E-state index is 5.23. The molecule has 0 unspecified atom stereocenters. The number of anilines is 1. The second-order valence-corrected chi connectivity index (χ2v) is 5.47. The van der Waals surface area contributed by atoms with E-state index in [4.69, 9.17) is 4.74 Å². The summed E-state index contributed by atoms with van der Waals surface area (Å²) in [7, 11) is 1.67. The van der Waals surface area contributed by atoms with Gasteiger partial charge in [0, 0.05) is 17.1 Å². The largest absolute Gasteiger partial charge is 0.497 e. The fraction of sp³-hybridized carbons (Fsp3) is 0.333. The van der Waals surface area contributed by atoms with Crippen molar-refractivity contribution in [3.63, 3.8) is 0 Å². The van der Waals surface area contributed by atoms with E-state index in [1.165, 1.54) is 0 Å². The minimum absolute atomic E-state index is 0.692. The third kappa shape index (κ3) is 4.13. The molecule has 5 heteroatoms. The molecule has 0 bridgehead atoms. The molecule has 2 aromatic rings. The van der Waals surface area contributed by atoms with E-state index < -0.39 is 0 Å². The number of methoxy groups -OCH3 is 1. The van der Waals surface area contributed by atoms with Crippen LogP contribution in [0.4, 0.5) is 5.95 Å². The van der Waals surface area contributed by atoms with Crippen molar-refractivity contribution in [1.82, 2.24) is 9.97 Å². The smallest absolute Gasteiger partial charge is 0.223 e. The Labute approximate surface area is 124 Å². The summed E-state index contributed by atoms with van der Waals surface area (Å²) in [6, 6.07) is 9.95. The number of aryl methyl sites for hydroxylation is 1. The third-order valence-electron chi connectivity index (χ3n) is 2.63. The molecular formula is C15H19N3OS. The first-order valence-corrected chi connectivity index (χ1v) is 7.44. The standard InChI is InChI=1S/C15H19N3OS/c1-4-8-16-15-17-11(2)9-14(18-15)20-13-7-5-6-12(10-13)19-3/h5-7,9-10H,4,8H2,1-3H3,(H,16,17,18). The van der Waals surface area contributed by atoms with Gasteiger partial charge in [0.05, 0.1) is 7.11 Å². The molecule has 20 heavy (non-hydrogen) atoms. The van der Waals surface area contributed by atoms with Gasteiger partial charge in [-0.25, -0.2) is 9.97 Å². The summed E-state index contributed by atoms with van der Waals surface area (Å²) in [6.45, 7) is 4.98. The summed E-state index contributed by atoms with van der Waals surface area (Å²) in [6.07, 6.45) is 1.05. The van der Waals surface area contributed by atoms with Gasteiger partial charge in [-0.3, -0.25) is 0 Å². The first-order valence-electron chi connectivity index (χ1n) is 6.62. The van der Waals surface area contributed by atoms with E-state index in [1.807, 2.05) is 37.3 Å². The molecule has 1 aromatic carbocycles. The molecule has 1 aromatic heterocycles. The van der Waals surface area contributed by atoms with Gasteiger partial charge in [0.15, 0.2) is 0 Å². The van der Waals surface area contributed by atoms with E-state index in [-0.39, 0.29) is 0 Å². The van der Waals surface area contributed by atoms with Gasteiger partial charge in [0.1, 0.15) is 10.8 Å². The highest BCUT2D eigenvalue weighted by atomic mass is 32.2. The molecule has 1 heterocycles. The second-order valence-electron chi connectivity index (χ2n) is 4.38. The minimum atomic E-state index is 0.692. The van der Waals surface area contributed by atoms with Crippen LogP contribution in [0.1, 0.15) is 19.0 Å². The van der Waals surface area contributed by atoms with Crippen LogP contribution in [0.25, 0.3) is 0 Å². The quantitative estimate of drug-likeness (QED) is 0.820. The van der Waals surface area contributed by atoms with Gasteiger partial charge in [-0.05, 0) is 37.6 Å². The van der Waals surface area contributed by atoms with Gasteiger partial charge in [-0.15, -0.1) is 0 Å². The Morgan fingerprint density at radius 1 is 1.25 bits per heavy atom. The average molecular weight is 289 g/mol. The molecule has 0 aliphatic carbocycles. The van der Waals surface area contributed by atoms with Crippen LogP contribution in [0.15, 0.2) is 40.3 Å². The Balaban J connectivity index is 2.17. The van der Waals surface area contributed by atoms with Crippen molar-refractivity contribution >= 4 is 17.7 Å². The van der Waals surface area contributed by atoms with Gasteiger partial charge >= 0.3 is 0 Å². The highest BCUT2D eigenvalue weighted by Gasteiger charge is 2.05. The normalized spacial score (nSPS) is 10.3. The Bertz CT molecular complexity index is 575. The number of hydrogen-bond donors (Lipinski definition) is 1. The number of hydrogen-bond acceptors (Lipinski definition) is 5. The molecule has 2 rings (SSSR count). The molecule has 0 amide bonds. The minimum Gasteiger partial charge on any atom is -0.497 e. The van der Waals surface area contributed by atoms with Crippen molar-refractivity contribution in [1.29, 1.82) is 0 Å². The maximum atomic E-state index is 5.23. The summed E-state index contributed by atoms with van der Waals surface area (Å²) < 4.78 is 5.23. The summed E-state index contributed by atoms with van der Waals surface area (Å²) >= 11 is 1.61. The number of aromatic nitrogens is 2. The zero-order valence-corrected chi connectivity index (χ0v) is 12.8. The number of nitrogens with one attached hydrogen (secondary N) is 1. The molecule has 1 N–H and O–H groups in total. The molecular weight excluding hydrogens is 270 g/mol.